The van der Waals surface area contributed by atoms with Gasteiger partial charge in [0.1, 0.15) is 6.54 Å². The molecule has 1 aliphatic rings. The maximum Gasteiger partial charge on any atom is 0.242 e. The zero-order valence-corrected chi connectivity index (χ0v) is 15.3. The Labute approximate surface area is 140 Å². The Balaban J connectivity index is 2.57. The molecule has 1 rings (SSSR count). The van der Waals surface area contributed by atoms with Crippen LogP contribution in [0.4, 0.5) is 0 Å². The van der Waals surface area contributed by atoms with Crippen molar-refractivity contribution in [1.29, 1.82) is 0 Å². The van der Waals surface area contributed by atoms with E-state index in [9.17, 15) is 9.90 Å². The van der Waals surface area contributed by atoms with E-state index in [0.29, 0.717) is 12.5 Å². The van der Waals surface area contributed by atoms with Gasteiger partial charge >= 0.3 is 0 Å². The van der Waals surface area contributed by atoms with Crippen molar-refractivity contribution in [3.63, 3.8) is 0 Å². The third-order valence-corrected chi connectivity index (χ3v) is 4.18. The van der Waals surface area contributed by atoms with Gasteiger partial charge in [0.05, 0.1) is 6.10 Å². The van der Waals surface area contributed by atoms with Crippen LogP contribution in [0.25, 0.3) is 0 Å². The quantitative estimate of drug-likeness (QED) is 0.454. The minimum absolute atomic E-state index is 0.0892. The van der Waals surface area contributed by atoms with Crippen molar-refractivity contribution >= 4 is 11.9 Å². The number of amides is 1. The zero-order chi connectivity index (χ0) is 17.5. The second kappa shape index (κ2) is 8.52. The van der Waals surface area contributed by atoms with Crippen molar-refractivity contribution in [1.82, 2.24) is 16.0 Å². The van der Waals surface area contributed by atoms with Gasteiger partial charge in [0, 0.05) is 24.0 Å². The van der Waals surface area contributed by atoms with E-state index in [2.05, 4.69) is 27.9 Å². The highest BCUT2D eigenvalue weighted by Gasteiger charge is 2.35. The molecule has 6 heteroatoms. The van der Waals surface area contributed by atoms with Gasteiger partial charge in [-0.1, -0.05) is 19.8 Å². The molecule has 23 heavy (non-hydrogen) atoms. The first-order valence-corrected chi connectivity index (χ1v) is 8.67. The molecule has 0 radical (unpaired) electrons. The first-order valence-electron chi connectivity index (χ1n) is 8.67. The number of carbonyl (C=O) groups excluding carboxylic acids is 1. The normalized spacial score (nSPS) is 25.8. The molecule has 2 atom stereocenters. The van der Waals surface area contributed by atoms with Crippen LogP contribution in [0.3, 0.4) is 0 Å². The van der Waals surface area contributed by atoms with Crippen LogP contribution in [0.2, 0.25) is 0 Å². The molecular formula is C17H34N4O2. The lowest BCUT2D eigenvalue weighted by molar-refractivity contribution is -0.121. The highest BCUT2D eigenvalue weighted by atomic mass is 16.3. The molecular weight excluding hydrogens is 292 g/mol. The SMILES string of the molecule is CCNC(=NCC(=O)NC(C)(C)C)NCC1(C)CCCCC1O. The molecule has 134 valence electrons. The Morgan fingerprint density at radius 1 is 1.30 bits per heavy atom. The van der Waals surface area contributed by atoms with Gasteiger partial charge in [0.15, 0.2) is 5.96 Å². The number of aliphatic hydroxyl groups excluding tert-OH is 1. The lowest BCUT2D eigenvalue weighted by Gasteiger charge is -2.38. The molecule has 0 aromatic carbocycles. The van der Waals surface area contributed by atoms with Crippen molar-refractivity contribution in [2.24, 2.45) is 10.4 Å². The Kier molecular flexibility index (Phi) is 7.32. The van der Waals surface area contributed by atoms with Crippen LogP contribution in [0.1, 0.15) is 60.3 Å². The molecule has 1 aliphatic carbocycles. The third-order valence-electron chi connectivity index (χ3n) is 4.18. The summed E-state index contributed by atoms with van der Waals surface area (Å²) in [5, 5.41) is 19.6. The summed E-state index contributed by atoms with van der Waals surface area (Å²) in [7, 11) is 0. The largest absolute Gasteiger partial charge is 0.392 e. The van der Waals surface area contributed by atoms with Crippen molar-refractivity contribution in [3.8, 4) is 0 Å². The summed E-state index contributed by atoms with van der Waals surface area (Å²) in [5.74, 6) is 0.522. The Bertz CT molecular complexity index is 417. The summed E-state index contributed by atoms with van der Waals surface area (Å²) in [6, 6.07) is 0. The fraction of sp³-hybridized carbons (Fsp3) is 0.882. The summed E-state index contributed by atoms with van der Waals surface area (Å²) >= 11 is 0. The van der Waals surface area contributed by atoms with Gasteiger partial charge in [-0.25, -0.2) is 4.99 Å². The molecule has 6 nitrogen and oxygen atoms in total. The fourth-order valence-corrected chi connectivity index (χ4v) is 2.82. The average Bonchev–Trinajstić information content (AvgIpc) is 2.43. The molecule has 1 amide bonds. The Hall–Kier alpha value is -1.30. The lowest BCUT2D eigenvalue weighted by atomic mass is 9.73. The maximum absolute atomic E-state index is 11.9. The number of aliphatic imine (C=N–C) groups is 1. The van der Waals surface area contributed by atoms with Crippen LogP contribution >= 0.6 is 0 Å². The summed E-state index contributed by atoms with van der Waals surface area (Å²) in [6.45, 7) is 11.4. The van der Waals surface area contributed by atoms with Gasteiger partial charge in [-0.15, -0.1) is 0 Å². The van der Waals surface area contributed by atoms with E-state index in [1.807, 2.05) is 27.7 Å². The second-order valence-electron chi connectivity index (χ2n) is 7.76. The van der Waals surface area contributed by atoms with Gasteiger partial charge in [-0.2, -0.15) is 0 Å². The van der Waals surface area contributed by atoms with Gasteiger partial charge in [0.2, 0.25) is 5.91 Å². The third kappa shape index (κ3) is 7.20. The molecule has 0 aromatic rings. The van der Waals surface area contributed by atoms with E-state index < -0.39 is 0 Å². The van der Waals surface area contributed by atoms with Crippen LogP contribution in [-0.2, 0) is 4.79 Å². The Morgan fingerprint density at radius 3 is 2.57 bits per heavy atom. The zero-order valence-electron chi connectivity index (χ0n) is 15.3. The van der Waals surface area contributed by atoms with E-state index in [4.69, 9.17) is 0 Å². The molecule has 0 bridgehead atoms. The predicted octanol–water partition coefficient (Wildman–Crippen LogP) is 1.40. The van der Waals surface area contributed by atoms with Crippen LogP contribution in [0.15, 0.2) is 4.99 Å². The molecule has 4 N–H and O–H groups in total. The minimum atomic E-state index is -0.282. The summed E-state index contributed by atoms with van der Waals surface area (Å²) in [6.07, 6.45) is 3.83. The number of hydrogen-bond donors (Lipinski definition) is 4. The number of nitrogens with zero attached hydrogens (tertiary/aromatic N) is 1. The van der Waals surface area contributed by atoms with E-state index >= 15 is 0 Å². The molecule has 0 aliphatic heterocycles. The maximum atomic E-state index is 11.9. The second-order valence-corrected chi connectivity index (χ2v) is 7.76. The highest BCUT2D eigenvalue weighted by molar-refractivity contribution is 5.85. The van der Waals surface area contributed by atoms with Crippen LogP contribution in [-0.4, -0.2) is 48.3 Å². The van der Waals surface area contributed by atoms with Crippen LogP contribution in [0, 0.1) is 5.41 Å². The molecule has 1 fully saturated rings. The smallest absolute Gasteiger partial charge is 0.242 e. The number of guanidine groups is 1. The van der Waals surface area contributed by atoms with Gasteiger partial charge < -0.3 is 21.1 Å². The van der Waals surface area contributed by atoms with Gasteiger partial charge in [-0.05, 0) is 40.5 Å². The topological polar surface area (TPSA) is 85.8 Å². The van der Waals surface area contributed by atoms with Crippen LogP contribution in [0.5, 0.6) is 0 Å². The number of carbonyl (C=O) groups is 1. The molecule has 0 aromatic heterocycles. The van der Waals surface area contributed by atoms with E-state index in [1.165, 1.54) is 0 Å². The molecule has 0 spiro atoms. The van der Waals surface area contributed by atoms with E-state index in [1.54, 1.807) is 0 Å². The summed E-state index contributed by atoms with van der Waals surface area (Å²) in [4.78, 5) is 16.2. The first kappa shape index (κ1) is 19.7. The highest BCUT2D eigenvalue weighted by Crippen LogP contribution is 2.35. The number of hydrogen-bond acceptors (Lipinski definition) is 3. The molecule has 0 saturated heterocycles. The van der Waals surface area contributed by atoms with Gasteiger partial charge in [0.25, 0.3) is 0 Å². The van der Waals surface area contributed by atoms with Crippen molar-refractivity contribution in [3.05, 3.63) is 0 Å². The lowest BCUT2D eigenvalue weighted by Crippen LogP contribution is -2.48. The number of rotatable bonds is 5. The van der Waals surface area contributed by atoms with Crippen molar-refractivity contribution in [2.75, 3.05) is 19.6 Å². The molecule has 0 heterocycles. The van der Waals surface area contributed by atoms with Crippen molar-refractivity contribution < 1.29 is 9.90 Å². The van der Waals surface area contributed by atoms with E-state index in [-0.39, 0.29) is 29.5 Å². The molecule has 1 saturated carbocycles. The number of nitrogens with one attached hydrogen (secondary N) is 3. The van der Waals surface area contributed by atoms with E-state index in [0.717, 1.165) is 32.2 Å². The Morgan fingerprint density at radius 2 is 2.00 bits per heavy atom. The van der Waals surface area contributed by atoms with Gasteiger partial charge in [-0.3, -0.25) is 4.79 Å². The summed E-state index contributed by atoms with van der Waals surface area (Å²) < 4.78 is 0. The first-order chi connectivity index (χ1) is 10.7. The average molecular weight is 326 g/mol. The predicted molar refractivity (Wildman–Crippen MR) is 94.5 cm³/mol. The monoisotopic (exact) mass is 326 g/mol. The minimum Gasteiger partial charge on any atom is -0.392 e. The van der Waals surface area contributed by atoms with Crippen molar-refractivity contribution in [2.45, 2.75) is 71.9 Å². The van der Waals surface area contributed by atoms with Crippen LogP contribution < -0.4 is 16.0 Å². The summed E-state index contributed by atoms with van der Waals surface area (Å²) in [5.41, 5.74) is -0.389. The fourth-order valence-electron chi connectivity index (χ4n) is 2.82. The molecule has 2 unspecified atom stereocenters. The number of aliphatic hydroxyl groups is 1. The standard InChI is InChI=1S/C17H34N4O2/c1-6-18-15(19-11-14(23)21-16(2,3)4)20-12-17(5)10-8-7-9-13(17)22/h13,22H,6-12H2,1-5H3,(H,21,23)(H2,18,19,20).